The van der Waals surface area contributed by atoms with Crippen LogP contribution in [0.25, 0.3) is 0 Å². The number of hydrogen-bond donors (Lipinski definition) is 1. The molecule has 0 spiro atoms. The molecule has 0 unspecified atom stereocenters. The molecule has 7 nitrogen and oxygen atoms in total. The van der Waals surface area contributed by atoms with Crippen LogP contribution in [0.1, 0.15) is 6.42 Å². The van der Waals surface area contributed by atoms with Crippen molar-refractivity contribution in [1.29, 1.82) is 0 Å². The van der Waals surface area contributed by atoms with E-state index in [0.29, 0.717) is 31.1 Å². The molecule has 1 fully saturated rings. The fourth-order valence-corrected chi connectivity index (χ4v) is 3.22. The Balaban J connectivity index is 2.29. The van der Waals surface area contributed by atoms with E-state index in [9.17, 15) is 8.42 Å². The van der Waals surface area contributed by atoms with Crippen molar-refractivity contribution in [3.8, 4) is 5.75 Å². The largest absolute Gasteiger partial charge is 0.490 e. The van der Waals surface area contributed by atoms with Crippen LogP contribution in [-0.4, -0.2) is 50.1 Å². The smallest absolute Gasteiger partial charge is 0.204 e. The number of nitrogen functional groups attached to an aromatic ring is 1. The van der Waals surface area contributed by atoms with Gasteiger partial charge >= 0.3 is 0 Å². The molecule has 0 amide bonds. The summed E-state index contributed by atoms with van der Waals surface area (Å²) in [5, 5.41) is 0. The van der Waals surface area contributed by atoms with Crippen LogP contribution >= 0.6 is 0 Å². The van der Waals surface area contributed by atoms with Gasteiger partial charge in [0.15, 0.2) is 21.5 Å². The minimum atomic E-state index is -2.95. The Morgan fingerprint density at radius 3 is 2.83 bits per heavy atom. The van der Waals surface area contributed by atoms with Gasteiger partial charge in [0.1, 0.15) is 6.33 Å². The molecule has 1 saturated heterocycles. The van der Waals surface area contributed by atoms with Crippen LogP contribution in [-0.2, 0) is 9.84 Å². The van der Waals surface area contributed by atoms with Crippen LogP contribution in [0.3, 0.4) is 0 Å². The molecule has 18 heavy (non-hydrogen) atoms. The van der Waals surface area contributed by atoms with Crippen molar-refractivity contribution < 1.29 is 13.2 Å². The number of anilines is 2. The van der Waals surface area contributed by atoms with Gasteiger partial charge in [-0.15, -0.1) is 0 Å². The lowest BCUT2D eigenvalue weighted by atomic mass is 10.3. The third-order valence-corrected chi connectivity index (χ3v) is 4.59. The maximum Gasteiger partial charge on any atom is 0.204 e. The number of methoxy groups -OCH3 is 1. The predicted molar refractivity (Wildman–Crippen MR) is 68.5 cm³/mol. The Kier molecular flexibility index (Phi) is 3.55. The van der Waals surface area contributed by atoms with Gasteiger partial charge in [0.05, 0.1) is 18.6 Å². The molecule has 2 rings (SSSR count). The molecule has 2 N–H and O–H groups in total. The van der Waals surface area contributed by atoms with Gasteiger partial charge in [-0.3, -0.25) is 0 Å². The number of nitrogens with two attached hydrogens (primary N) is 1. The van der Waals surface area contributed by atoms with Crippen molar-refractivity contribution in [3.05, 3.63) is 6.33 Å². The quantitative estimate of drug-likeness (QED) is 0.788. The lowest BCUT2D eigenvalue weighted by molar-refractivity contribution is 0.413. The van der Waals surface area contributed by atoms with Gasteiger partial charge in [-0.05, 0) is 6.42 Å². The molecular weight excluding hydrogens is 256 g/mol. The average Bonchev–Trinajstić information content (AvgIpc) is 2.50. The van der Waals surface area contributed by atoms with Crippen molar-refractivity contribution in [2.24, 2.45) is 0 Å². The fourth-order valence-electron chi connectivity index (χ4n) is 1.95. The van der Waals surface area contributed by atoms with E-state index in [4.69, 9.17) is 10.5 Å². The van der Waals surface area contributed by atoms with Crippen molar-refractivity contribution in [2.75, 3.05) is 42.3 Å². The molecule has 0 aliphatic carbocycles. The number of nitrogens with zero attached hydrogens (tertiary/aromatic N) is 3. The summed E-state index contributed by atoms with van der Waals surface area (Å²) in [5.74, 6) is 1.56. The second-order valence-electron chi connectivity index (χ2n) is 4.11. The minimum Gasteiger partial charge on any atom is -0.490 e. The van der Waals surface area contributed by atoms with Gasteiger partial charge in [-0.25, -0.2) is 18.4 Å². The summed E-state index contributed by atoms with van der Waals surface area (Å²) in [6, 6.07) is 0. The molecule has 1 aromatic rings. The van der Waals surface area contributed by atoms with Gasteiger partial charge in [-0.1, -0.05) is 0 Å². The second kappa shape index (κ2) is 4.97. The van der Waals surface area contributed by atoms with Crippen molar-refractivity contribution in [1.82, 2.24) is 9.97 Å². The Hall–Kier alpha value is -1.57. The van der Waals surface area contributed by atoms with Crippen LogP contribution in [0.5, 0.6) is 5.75 Å². The van der Waals surface area contributed by atoms with E-state index >= 15 is 0 Å². The van der Waals surface area contributed by atoms with Crippen molar-refractivity contribution >= 4 is 21.5 Å². The molecule has 1 aliphatic heterocycles. The Morgan fingerprint density at radius 1 is 1.33 bits per heavy atom. The molecule has 0 radical (unpaired) electrons. The highest BCUT2D eigenvalue weighted by atomic mass is 32.2. The summed E-state index contributed by atoms with van der Waals surface area (Å²) in [4.78, 5) is 9.87. The molecule has 0 aromatic carbocycles. The molecule has 0 bridgehead atoms. The van der Waals surface area contributed by atoms with Crippen molar-refractivity contribution in [3.63, 3.8) is 0 Å². The van der Waals surface area contributed by atoms with Crippen LogP contribution in [0, 0.1) is 0 Å². The van der Waals surface area contributed by atoms with Gasteiger partial charge in [0.25, 0.3) is 0 Å². The molecule has 2 heterocycles. The van der Waals surface area contributed by atoms with E-state index in [-0.39, 0.29) is 17.3 Å². The molecule has 0 atom stereocenters. The van der Waals surface area contributed by atoms with Gasteiger partial charge in [0, 0.05) is 13.1 Å². The number of aromatic nitrogens is 2. The Labute approximate surface area is 106 Å². The maximum atomic E-state index is 11.6. The molecule has 100 valence electrons. The lowest BCUT2D eigenvalue weighted by Gasteiger charge is -2.22. The van der Waals surface area contributed by atoms with E-state index < -0.39 is 9.84 Å². The maximum absolute atomic E-state index is 11.6. The molecule has 1 aliphatic rings. The third-order valence-electron chi connectivity index (χ3n) is 2.87. The number of hydrogen-bond acceptors (Lipinski definition) is 7. The zero-order valence-corrected chi connectivity index (χ0v) is 11.0. The first kappa shape index (κ1) is 12.9. The topological polar surface area (TPSA) is 98.4 Å². The highest BCUT2D eigenvalue weighted by molar-refractivity contribution is 7.91. The summed E-state index contributed by atoms with van der Waals surface area (Å²) in [7, 11) is -1.45. The lowest BCUT2D eigenvalue weighted by Crippen LogP contribution is -2.28. The van der Waals surface area contributed by atoms with E-state index in [1.165, 1.54) is 13.4 Å². The molecule has 8 heteroatoms. The molecule has 0 saturated carbocycles. The summed E-state index contributed by atoms with van der Waals surface area (Å²) in [6.45, 7) is 1.02. The highest BCUT2D eigenvalue weighted by Crippen LogP contribution is 2.30. The van der Waals surface area contributed by atoms with Crippen molar-refractivity contribution in [2.45, 2.75) is 6.42 Å². The van der Waals surface area contributed by atoms with E-state index in [1.807, 2.05) is 4.90 Å². The predicted octanol–water partition coefficient (Wildman–Crippen LogP) is -0.308. The van der Waals surface area contributed by atoms with E-state index in [0.717, 1.165) is 0 Å². The first-order valence-electron chi connectivity index (χ1n) is 5.63. The van der Waals surface area contributed by atoms with Crippen LogP contribution in [0.4, 0.5) is 11.6 Å². The third kappa shape index (κ3) is 2.63. The monoisotopic (exact) mass is 272 g/mol. The van der Waals surface area contributed by atoms with Crippen LogP contribution in [0.2, 0.25) is 0 Å². The van der Waals surface area contributed by atoms with Crippen LogP contribution < -0.4 is 15.4 Å². The first-order valence-corrected chi connectivity index (χ1v) is 7.45. The Morgan fingerprint density at radius 2 is 2.11 bits per heavy atom. The van der Waals surface area contributed by atoms with Gasteiger partial charge < -0.3 is 15.4 Å². The normalized spacial score (nSPS) is 19.3. The highest BCUT2D eigenvalue weighted by Gasteiger charge is 2.23. The molecular formula is C10H16N4O3S. The molecule has 1 aromatic heterocycles. The standard InChI is InChI=1S/C10H16N4O3S/c1-17-8-9(11)12-7-13-10(8)14-3-2-5-18(15,16)6-4-14/h7H,2-6H2,1H3,(H2,11,12,13). The summed E-state index contributed by atoms with van der Waals surface area (Å²) in [6.07, 6.45) is 1.93. The fraction of sp³-hybridized carbons (Fsp3) is 0.600. The number of rotatable bonds is 2. The summed E-state index contributed by atoms with van der Waals surface area (Å²) >= 11 is 0. The number of sulfone groups is 1. The van der Waals surface area contributed by atoms with Crippen LogP contribution in [0.15, 0.2) is 6.33 Å². The van der Waals surface area contributed by atoms with E-state index in [2.05, 4.69) is 9.97 Å². The zero-order chi connectivity index (χ0) is 13.2. The summed E-state index contributed by atoms with van der Waals surface area (Å²) in [5.41, 5.74) is 5.71. The Bertz CT molecular complexity index is 532. The average molecular weight is 272 g/mol. The SMILES string of the molecule is COc1c(N)ncnc1N1CCCS(=O)(=O)CC1. The number of ether oxygens (including phenoxy) is 1. The minimum absolute atomic E-state index is 0.125. The first-order chi connectivity index (χ1) is 8.53. The van der Waals surface area contributed by atoms with E-state index in [1.54, 1.807) is 0 Å². The van der Waals surface area contributed by atoms with Gasteiger partial charge in [0.2, 0.25) is 5.75 Å². The zero-order valence-electron chi connectivity index (χ0n) is 10.2. The summed E-state index contributed by atoms with van der Waals surface area (Å²) < 4.78 is 28.3. The van der Waals surface area contributed by atoms with Gasteiger partial charge in [-0.2, -0.15) is 0 Å². The second-order valence-corrected chi connectivity index (χ2v) is 6.41.